The van der Waals surface area contributed by atoms with Crippen LogP contribution in [0.2, 0.25) is 19.6 Å². The van der Waals surface area contributed by atoms with E-state index in [0.29, 0.717) is 17.4 Å². The molecule has 0 bridgehead atoms. The van der Waals surface area contributed by atoms with Crippen molar-refractivity contribution in [1.29, 1.82) is 0 Å². The molecule has 0 heterocycles. The Hall–Kier alpha value is -0.413. The lowest BCUT2D eigenvalue weighted by atomic mass is 9.60. The summed E-state index contributed by atoms with van der Waals surface area (Å²) < 4.78 is 6.44. The van der Waals surface area contributed by atoms with Gasteiger partial charge in [0.15, 0.2) is 14.1 Å². The van der Waals surface area contributed by atoms with Crippen LogP contribution in [0.1, 0.15) is 46.0 Å². The minimum Gasteiger partial charge on any atom is -0.414 e. The van der Waals surface area contributed by atoms with Gasteiger partial charge in [-0.15, -0.1) is 0 Å². The number of hydrogen-bond donors (Lipinski definition) is 0. The Morgan fingerprint density at radius 3 is 2.68 bits per heavy atom. The number of hydrogen-bond acceptors (Lipinski definition) is 2. The minimum absolute atomic E-state index is 0.249. The zero-order valence-corrected chi connectivity index (χ0v) is 14.1. The van der Waals surface area contributed by atoms with Crippen molar-refractivity contribution in [2.45, 2.75) is 71.7 Å². The highest BCUT2D eigenvalue weighted by molar-refractivity contribution is 6.69. The van der Waals surface area contributed by atoms with E-state index in [1.54, 1.807) is 6.92 Å². The van der Waals surface area contributed by atoms with E-state index < -0.39 is 8.32 Å². The van der Waals surface area contributed by atoms with Crippen LogP contribution in [0.25, 0.3) is 0 Å². The summed E-state index contributed by atoms with van der Waals surface area (Å²) in [6.07, 6.45) is 8.27. The molecular weight excluding hydrogens is 252 g/mol. The van der Waals surface area contributed by atoms with Crippen LogP contribution in [0, 0.1) is 11.3 Å². The monoisotopic (exact) mass is 280 g/mol. The van der Waals surface area contributed by atoms with Crippen molar-refractivity contribution in [1.82, 2.24) is 0 Å². The van der Waals surface area contributed by atoms with E-state index in [1.165, 1.54) is 19.3 Å². The van der Waals surface area contributed by atoms with Crippen LogP contribution in [-0.4, -0.2) is 20.2 Å². The van der Waals surface area contributed by atoms with E-state index >= 15 is 0 Å². The van der Waals surface area contributed by atoms with Crippen LogP contribution in [0.4, 0.5) is 0 Å². The van der Waals surface area contributed by atoms with E-state index in [4.69, 9.17) is 4.43 Å². The molecule has 0 aromatic heterocycles. The lowest BCUT2D eigenvalue weighted by Gasteiger charge is -2.49. The molecule has 0 unspecified atom stereocenters. The van der Waals surface area contributed by atoms with Crippen molar-refractivity contribution in [3.63, 3.8) is 0 Å². The number of ketones is 1. The van der Waals surface area contributed by atoms with Gasteiger partial charge in [-0.25, -0.2) is 0 Å². The molecule has 3 heteroatoms. The fourth-order valence-corrected chi connectivity index (χ4v) is 4.92. The average Bonchev–Trinajstić information content (AvgIpc) is 2.26. The van der Waals surface area contributed by atoms with Gasteiger partial charge < -0.3 is 4.43 Å². The van der Waals surface area contributed by atoms with Crippen LogP contribution in [0.3, 0.4) is 0 Å². The van der Waals surface area contributed by atoms with Gasteiger partial charge in [-0.3, -0.25) is 4.79 Å². The number of rotatable bonds is 3. The van der Waals surface area contributed by atoms with Crippen molar-refractivity contribution in [3.8, 4) is 0 Å². The summed E-state index contributed by atoms with van der Waals surface area (Å²) in [6.45, 7) is 10.9. The molecular formula is C16H28O2Si. The summed E-state index contributed by atoms with van der Waals surface area (Å²) in [6, 6.07) is 0. The highest BCUT2D eigenvalue weighted by Crippen LogP contribution is 2.51. The standard InChI is InChI=1S/C16H28O2Si/c1-12(17)13-8-10-16(2)9-6-7-15(14(16)11-13)18-19(3,4)5/h8,14-15H,6-7,9-11H2,1-5H3/t14-,15-,16+/m0/s1. The van der Waals surface area contributed by atoms with E-state index in [0.717, 1.165) is 18.4 Å². The summed E-state index contributed by atoms with van der Waals surface area (Å²) >= 11 is 0. The number of Topliss-reactive ketones (excluding diaryl/α,β-unsaturated/α-hetero) is 1. The molecule has 0 amide bonds. The van der Waals surface area contributed by atoms with Crippen molar-refractivity contribution < 1.29 is 9.22 Å². The maximum absolute atomic E-state index is 11.7. The summed E-state index contributed by atoms with van der Waals surface area (Å²) in [5.74, 6) is 0.788. The average molecular weight is 280 g/mol. The van der Waals surface area contributed by atoms with E-state index in [9.17, 15) is 4.79 Å². The smallest absolute Gasteiger partial charge is 0.184 e. The molecule has 0 N–H and O–H groups in total. The van der Waals surface area contributed by atoms with Crippen LogP contribution >= 0.6 is 0 Å². The molecule has 1 fully saturated rings. The Bertz CT molecular complexity index is 394. The van der Waals surface area contributed by atoms with Crippen LogP contribution in [0.5, 0.6) is 0 Å². The van der Waals surface area contributed by atoms with E-state index in [-0.39, 0.29) is 5.78 Å². The molecule has 19 heavy (non-hydrogen) atoms. The second kappa shape index (κ2) is 5.17. The van der Waals surface area contributed by atoms with Crippen LogP contribution < -0.4 is 0 Å². The molecule has 108 valence electrons. The van der Waals surface area contributed by atoms with Crippen molar-refractivity contribution in [3.05, 3.63) is 11.6 Å². The number of allylic oxidation sites excluding steroid dienone is 2. The fraction of sp³-hybridized carbons (Fsp3) is 0.812. The number of fused-ring (bicyclic) bond motifs is 1. The third-order valence-corrected chi connectivity index (χ3v) is 5.80. The molecule has 0 radical (unpaired) electrons. The zero-order chi connectivity index (χ0) is 14.3. The van der Waals surface area contributed by atoms with E-state index in [1.807, 2.05) is 0 Å². The van der Waals surface area contributed by atoms with Crippen molar-refractivity contribution in [2.24, 2.45) is 11.3 Å². The Labute approximate surface area is 118 Å². The summed E-state index contributed by atoms with van der Waals surface area (Å²) in [7, 11) is -1.51. The summed E-state index contributed by atoms with van der Waals surface area (Å²) in [5, 5.41) is 0. The van der Waals surface area contributed by atoms with Gasteiger partial charge in [0.05, 0.1) is 0 Å². The highest BCUT2D eigenvalue weighted by Gasteiger charge is 2.45. The first-order valence-corrected chi connectivity index (χ1v) is 11.0. The summed E-state index contributed by atoms with van der Waals surface area (Å²) in [4.78, 5) is 11.7. The van der Waals surface area contributed by atoms with Gasteiger partial charge >= 0.3 is 0 Å². The van der Waals surface area contributed by atoms with Gasteiger partial charge in [-0.05, 0) is 69.2 Å². The molecule has 0 aliphatic heterocycles. The first kappa shape index (κ1) is 15.0. The van der Waals surface area contributed by atoms with Gasteiger partial charge in [0, 0.05) is 6.10 Å². The molecule has 0 spiro atoms. The molecule has 2 rings (SSSR count). The van der Waals surface area contributed by atoms with Crippen LogP contribution in [-0.2, 0) is 9.22 Å². The number of carbonyl (C=O) groups is 1. The molecule has 2 nitrogen and oxygen atoms in total. The lowest BCUT2D eigenvalue weighted by Crippen LogP contribution is -2.47. The molecule has 0 aromatic carbocycles. The van der Waals surface area contributed by atoms with Crippen molar-refractivity contribution >= 4 is 14.1 Å². The molecule has 2 aliphatic carbocycles. The second-order valence-electron chi connectivity index (χ2n) is 7.62. The second-order valence-corrected chi connectivity index (χ2v) is 12.1. The van der Waals surface area contributed by atoms with Crippen molar-refractivity contribution in [2.75, 3.05) is 0 Å². The third kappa shape index (κ3) is 3.37. The minimum atomic E-state index is -1.51. The lowest BCUT2D eigenvalue weighted by molar-refractivity contribution is -0.114. The number of carbonyl (C=O) groups excluding carboxylic acids is 1. The fourth-order valence-electron chi connectivity index (χ4n) is 3.73. The Morgan fingerprint density at radius 1 is 1.42 bits per heavy atom. The SMILES string of the molecule is CC(=O)C1=CC[C@@]2(C)CCC[C@H](O[Si](C)(C)C)[C@@H]2C1. The van der Waals surface area contributed by atoms with Gasteiger partial charge in [0.25, 0.3) is 0 Å². The largest absolute Gasteiger partial charge is 0.414 e. The topological polar surface area (TPSA) is 26.3 Å². The van der Waals surface area contributed by atoms with Gasteiger partial charge in [-0.2, -0.15) is 0 Å². The Kier molecular flexibility index (Phi) is 4.08. The van der Waals surface area contributed by atoms with Crippen LogP contribution in [0.15, 0.2) is 11.6 Å². The predicted molar refractivity (Wildman–Crippen MR) is 81.7 cm³/mol. The molecule has 0 saturated heterocycles. The molecule has 3 atom stereocenters. The van der Waals surface area contributed by atoms with E-state index in [2.05, 4.69) is 32.6 Å². The predicted octanol–water partition coefficient (Wildman–Crippen LogP) is 4.32. The van der Waals surface area contributed by atoms with Gasteiger partial charge in [-0.1, -0.05) is 19.4 Å². The molecule has 1 saturated carbocycles. The highest BCUT2D eigenvalue weighted by atomic mass is 28.4. The van der Waals surface area contributed by atoms with Gasteiger partial charge in [0.2, 0.25) is 0 Å². The molecule has 2 aliphatic rings. The zero-order valence-electron chi connectivity index (χ0n) is 13.1. The third-order valence-electron chi connectivity index (χ3n) is 4.79. The first-order valence-electron chi connectivity index (χ1n) is 7.59. The molecule has 0 aromatic rings. The summed E-state index contributed by atoms with van der Waals surface area (Å²) in [5.41, 5.74) is 1.38. The maximum atomic E-state index is 11.7. The Balaban J connectivity index is 2.20. The maximum Gasteiger partial charge on any atom is 0.184 e. The first-order chi connectivity index (χ1) is 8.71. The Morgan fingerprint density at radius 2 is 2.11 bits per heavy atom. The quantitative estimate of drug-likeness (QED) is 0.720. The van der Waals surface area contributed by atoms with Gasteiger partial charge in [0.1, 0.15) is 0 Å². The normalized spacial score (nSPS) is 35.5.